The van der Waals surface area contributed by atoms with Crippen LogP contribution in [-0.4, -0.2) is 17.9 Å². The molecule has 2 amide bonds. The molecule has 0 heterocycles. The molecule has 5 heteroatoms. The van der Waals surface area contributed by atoms with Crippen LogP contribution in [0, 0.1) is 0 Å². The summed E-state index contributed by atoms with van der Waals surface area (Å²) in [6.07, 6.45) is 0.132. The van der Waals surface area contributed by atoms with E-state index in [1.165, 1.54) is 0 Å². The highest BCUT2D eigenvalue weighted by molar-refractivity contribution is 5.94. The van der Waals surface area contributed by atoms with Crippen molar-refractivity contribution < 1.29 is 9.59 Å². The number of rotatable bonds is 5. The predicted molar refractivity (Wildman–Crippen MR) is 65.1 cm³/mol. The van der Waals surface area contributed by atoms with Crippen LogP contribution in [0.15, 0.2) is 24.3 Å². The van der Waals surface area contributed by atoms with Crippen molar-refractivity contribution in [3.8, 4) is 0 Å². The van der Waals surface area contributed by atoms with E-state index in [1.54, 1.807) is 31.2 Å². The van der Waals surface area contributed by atoms with E-state index in [2.05, 4.69) is 5.32 Å². The smallest absolute Gasteiger partial charge is 0.251 e. The van der Waals surface area contributed by atoms with Gasteiger partial charge in [-0.15, -0.1) is 0 Å². The van der Waals surface area contributed by atoms with Crippen molar-refractivity contribution in [2.45, 2.75) is 25.9 Å². The molecule has 1 rings (SSSR count). The second-order valence-electron chi connectivity index (χ2n) is 3.95. The van der Waals surface area contributed by atoms with Gasteiger partial charge in [-0.1, -0.05) is 12.1 Å². The molecule has 0 saturated heterocycles. The fraction of sp³-hybridized carbons (Fsp3) is 0.333. The highest BCUT2D eigenvalue weighted by Gasteiger charge is 2.11. The molecular weight excluding hydrogens is 218 g/mol. The highest BCUT2D eigenvalue weighted by atomic mass is 16.2. The number of nitrogens with two attached hydrogens (primary N) is 2. The summed E-state index contributed by atoms with van der Waals surface area (Å²) in [4.78, 5) is 22.4. The molecule has 17 heavy (non-hydrogen) atoms. The number of benzene rings is 1. The lowest BCUT2D eigenvalue weighted by Crippen LogP contribution is -2.35. The van der Waals surface area contributed by atoms with Gasteiger partial charge in [0, 0.05) is 24.6 Å². The summed E-state index contributed by atoms with van der Waals surface area (Å²) in [5.74, 6) is -0.654. The number of carbonyl (C=O) groups excluding carboxylic acids is 2. The minimum Gasteiger partial charge on any atom is -0.370 e. The number of hydrogen-bond acceptors (Lipinski definition) is 3. The molecule has 0 fully saturated rings. The van der Waals surface area contributed by atoms with E-state index >= 15 is 0 Å². The average Bonchev–Trinajstić information content (AvgIpc) is 2.28. The molecule has 1 atom stereocenters. The van der Waals surface area contributed by atoms with Crippen LogP contribution in [0.4, 0.5) is 0 Å². The van der Waals surface area contributed by atoms with E-state index in [0.717, 1.165) is 5.56 Å². The fourth-order valence-corrected chi connectivity index (χ4v) is 1.45. The van der Waals surface area contributed by atoms with Crippen LogP contribution in [0.3, 0.4) is 0 Å². The monoisotopic (exact) mass is 235 g/mol. The van der Waals surface area contributed by atoms with Crippen molar-refractivity contribution in [3.05, 3.63) is 35.4 Å². The van der Waals surface area contributed by atoms with Crippen molar-refractivity contribution >= 4 is 11.8 Å². The first-order chi connectivity index (χ1) is 8.02. The summed E-state index contributed by atoms with van der Waals surface area (Å²) in [5, 5.41) is 2.69. The molecule has 92 valence electrons. The van der Waals surface area contributed by atoms with Crippen LogP contribution < -0.4 is 16.8 Å². The predicted octanol–water partition coefficient (Wildman–Crippen LogP) is 0.139. The zero-order valence-electron chi connectivity index (χ0n) is 9.77. The van der Waals surface area contributed by atoms with Crippen LogP contribution in [0.1, 0.15) is 29.3 Å². The maximum absolute atomic E-state index is 11.7. The molecular formula is C12H17N3O2. The Labute approximate surface area is 100 Å². The van der Waals surface area contributed by atoms with Crippen LogP contribution >= 0.6 is 0 Å². The Morgan fingerprint density at radius 2 is 1.88 bits per heavy atom. The van der Waals surface area contributed by atoms with Crippen molar-refractivity contribution in [1.29, 1.82) is 0 Å². The van der Waals surface area contributed by atoms with Crippen molar-refractivity contribution in [1.82, 2.24) is 5.32 Å². The molecule has 0 radical (unpaired) electrons. The van der Waals surface area contributed by atoms with Crippen molar-refractivity contribution in [3.63, 3.8) is 0 Å². The van der Waals surface area contributed by atoms with Crippen LogP contribution in [0.2, 0.25) is 0 Å². The second kappa shape index (κ2) is 6.00. The number of nitrogens with one attached hydrogen (secondary N) is 1. The van der Waals surface area contributed by atoms with Crippen LogP contribution in [-0.2, 0) is 11.3 Å². The van der Waals surface area contributed by atoms with Crippen molar-refractivity contribution in [2.75, 3.05) is 0 Å². The fourth-order valence-electron chi connectivity index (χ4n) is 1.45. The SMILES string of the molecule is CC(CC(N)=O)NC(=O)c1ccc(CN)cc1. The van der Waals surface area contributed by atoms with Gasteiger partial charge in [0.15, 0.2) is 0 Å². The third-order valence-corrected chi connectivity index (χ3v) is 2.34. The maximum atomic E-state index is 11.7. The molecule has 5 nitrogen and oxygen atoms in total. The highest BCUT2D eigenvalue weighted by Crippen LogP contribution is 2.04. The Balaban J connectivity index is 2.60. The van der Waals surface area contributed by atoms with E-state index in [4.69, 9.17) is 11.5 Å². The molecule has 0 spiro atoms. The topological polar surface area (TPSA) is 98.2 Å². The number of primary amides is 1. The van der Waals surface area contributed by atoms with Gasteiger partial charge in [-0.05, 0) is 24.6 Å². The van der Waals surface area contributed by atoms with Gasteiger partial charge in [-0.2, -0.15) is 0 Å². The maximum Gasteiger partial charge on any atom is 0.251 e. The van der Waals surface area contributed by atoms with Gasteiger partial charge in [-0.3, -0.25) is 9.59 Å². The van der Waals surface area contributed by atoms with E-state index in [-0.39, 0.29) is 18.4 Å². The molecule has 5 N–H and O–H groups in total. The third-order valence-electron chi connectivity index (χ3n) is 2.34. The molecule has 0 aromatic heterocycles. The Bertz CT molecular complexity index is 401. The minimum absolute atomic E-state index is 0.132. The molecule has 0 bridgehead atoms. The molecule has 0 saturated carbocycles. The first-order valence-electron chi connectivity index (χ1n) is 5.41. The minimum atomic E-state index is -0.434. The Hall–Kier alpha value is -1.88. The molecule has 1 unspecified atom stereocenters. The van der Waals surface area contributed by atoms with Gasteiger partial charge in [0.2, 0.25) is 5.91 Å². The summed E-state index contributed by atoms with van der Waals surface area (Å²) in [6, 6.07) is 6.74. The van der Waals surface area contributed by atoms with Gasteiger partial charge in [-0.25, -0.2) is 0 Å². The van der Waals surface area contributed by atoms with E-state index < -0.39 is 5.91 Å². The van der Waals surface area contributed by atoms with Gasteiger partial charge < -0.3 is 16.8 Å². The van der Waals surface area contributed by atoms with Crippen LogP contribution in [0.5, 0.6) is 0 Å². The van der Waals surface area contributed by atoms with Gasteiger partial charge in [0.1, 0.15) is 0 Å². The third kappa shape index (κ3) is 4.24. The zero-order chi connectivity index (χ0) is 12.8. The lowest BCUT2D eigenvalue weighted by Gasteiger charge is -2.12. The van der Waals surface area contributed by atoms with Gasteiger partial charge in [0.05, 0.1) is 0 Å². The summed E-state index contributed by atoms with van der Waals surface area (Å²) in [7, 11) is 0. The van der Waals surface area contributed by atoms with Gasteiger partial charge in [0.25, 0.3) is 5.91 Å². The lowest BCUT2D eigenvalue weighted by atomic mass is 10.1. The van der Waals surface area contributed by atoms with E-state index in [0.29, 0.717) is 12.1 Å². The quantitative estimate of drug-likeness (QED) is 0.677. The standard InChI is InChI=1S/C12H17N3O2/c1-8(6-11(14)16)15-12(17)10-4-2-9(7-13)3-5-10/h2-5,8H,6-7,13H2,1H3,(H2,14,16)(H,15,17). The molecule has 0 aliphatic rings. The number of amides is 2. The lowest BCUT2D eigenvalue weighted by molar-refractivity contribution is -0.118. The largest absolute Gasteiger partial charge is 0.370 e. The zero-order valence-corrected chi connectivity index (χ0v) is 9.77. The van der Waals surface area contributed by atoms with Crippen molar-refractivity contribution in [2.24, 2.45) is 11.5 Å². The number of carbonyl (C=O) groups is 2. The molecule has 1 aromatic rings. The first-order valence-corrected chi connectivity index (χ1v) is 5.41. The van der Waals surface area contributed by atoms with Crippen LogP contribution in [0.25, 0.3) is 0 Å². The summed E-state index contributed by atoms with van der Waals surface area (Å²) in [5.41, 5.74) is 12.0. The second-order valence-corrected chi connectivity index (χ2v) is 3.95. The molecule has 1 aromatic carbocycles. The summed E-state index contributed by atoms with van der Waals surface area (Å²) >= 11 is 0. The average molecular weight is 235 g/mol. The Morgan fingerprint density at radius 1 is 1.29 bits per heavy atom. The first kappa shape index (κ1) is 13.2. The summed E-state index contributed by atoms with van der Waals surface area (Å²) < 4.78 is 0. The summed E-state index contributed by atoms with van der Waals surface area (Å²) in [6.45, 7) is 2.18. The Morgan fingerprint density at radius 3 is 2.35 bits per heavy atom. The molecule has 0 aliphatic heterocycles. The normalized spacial score (nSPS) is 11.9. The van der Waals surface area contributed by atoms with Gasteiger partial charge >= 0.3 is 0 Å². The molecule has 0 aliphatic carbocycles. The Kier molecular flexibility index (Phi) is 4.66. The number of hydrogen-bond donors (Lipinski definition) is 3. The van der Waals surface area contributed by atoms with E-state index in [9.17, 15) is 9.59 Å². The van der Waals surface area contributed by atoms with E-state index in [1.807, 2.05) is 0 Å².